The number of hydrogen-bond acceptors (Lipinski definition) is 7. The van der Waals surface area contributed by atoms with Gasteiger partial charge in [-0.1, -0.05) is 25.1 Å². The van der Waals surface area contributed by atoms with Gasteiger partial charge in [0.25, 0.3) is 0 Å². The Hall–Kier alpha value is -1.93. The molecule has 4 aliphatic rings. The number of nitrogens with one attached hydrogen (secondary N) is 2. The van der Waals surface area contributed by atoms with E-state index in [0.717, 1.165) is 30.8 Å². The highest BCUT2D eigenvalue weighted by Gasteiger charge is 2.62. The quantitative estimate of drug-likeness (QED) is 0.604. The monoisotopic (exact) mass is 442 g/mol. The Morgan fingerprint density at radius 1 is 1.31 bits per heavy atom. The van der Waals surface area contributed by atoms with E-state index in [2.05, 4.69) is 35.8 Å². The maximum absolute atomic E-state index is 13.1. The van der Waals surface area contributed by atoms with Gasteiger partial charge in [-0.3, -0.25) is 0 Å². The summed E-state index contributed by atoms with van der Waals surface area (Å²) in [5.74, 6) is -1.40. The van der Waals surface area contributed by atoms with Crippen LogP contribution in [0.3, 0.4) is 0 Å². The molecular formula is C25H34N2O5. The van der Waals surface area contributed by atoms with Crippen LogP contribution in [0.2, 0.25) is 0 Å². The molecule has 0 saturated carbocycles. The van der Waals surface area contributed by atoms with Crippen LogP contribution in [0.4, 0.5) is 5.69 Å². The summed E-state index contributed by atoms with van der Waals surface area (Å²) >= 11 is 0. The number of anilines is 1. The summed E-state index contributed by atoms with van der Waals surface area (Å²) < 4.78 is 17.7. The Morgan fingerprint density at radius 3 is 2.75 bits per heavy atom. The number of hydrogen-bond donors (Lipinski definition) is 3. The third kappa shape index (κ3) is 2.98. The van der Waals surface area contributed by atoms with Gasteiger partial charge in [0.2, 0.25) is 0 Å². The van der Waals surface area contributed by atoms with Crippen LogP contribution in [0.5, 0.6) is 0 Å². The molecule has 3 heterocycles. The maximum atomic E-state index is 13.1. The average Bonchev–Trinajstić information content (AvgIpc) is 3.46. The van der Waals surface area contributed by atoms with Crippen LogP contribution in [0.25, 0.3) is 0 Å². The number of ether oxygens (including phenoxy) is 3. The fraction of sp³-hybridized carbons (Fsp3) is 0.640. The highest BCUT2D eigenvalue weighted by molar-refractivity contribution is 5.93. The van der Waals surface area contributed by atoms with E-state index in [1.54, 1.807) is 0 Å². The van der Waals surface area contributed by atoms with Crippen molar-refractivity contribution in [1.82, 2.24) is 5.32 Å². The predicted octanol–water partition coefficient (Wildman–Crippen LogP) is 2.70. The molecule has 32 heavy (non-hydrogen) atoms. The second-order valence-electron chi connectivity index (χ2n) is 10.1. The predicted molar refractivity (Wildman–Crippen MR) is 120 cm³/mol. The number of carbonyl (C=O) groups excluding carboxylic acids is 1. The van der Waals surface area contributed by atoms with Crippen molar-refractivity contribution in [3.05, 3.63) is 41.1 Å². The van der Waals surface area contributed by atoms with E-state index in [-0.39, 0.29) is 35.9 Å². The van der Waals surface area contributed by atoms with Crippen molar-refractivity contribution in [3.8, 4) is 0 Å². The lowest BCUT2D eigenvalue weighted by Crippen LogP contribution is -2.56. The van der Waals surface area contributed by atoms with Gasteiger partial charge >= 0.3 is 5.97 Å². The molecule has 174 valence electrons. The molecule has 3 N–H and O–H groups in total. The van der Waals surface area contributed by atoms with Gasteiger partial charge in [0, 0.05) is 23.3 Å². The molecule has 3 aliphatic heterocycles. The summed E-state index contributed by atoms with van der Waals surface area (Å²) in [7, 11) is 1.41. The van der Waals surface area contributed by atoms with Crippen LogP contribution >= 0.6 is 0 Å². The molecule has 1 aliphatic carbocycles. The van der Waals surface area contributed by atoms with Crippen LogP contribution in [0.15, 0.2) is 35.5 Å². The molecule has 0 radical (unpaired) electrons. The zero-order valence-corrected chi connectivity index (χ0v) is 19.4. The lowest BCUT2D eigenvalue weighted by atomic mass is 9.58. The third-order valence-corrected chi connectivity index (χ3v) is 8.11. The van der Waals surface area contributed by atoms with Crippen LogP contribution in [-0.2, 0) is 24.4 Å². The largest absolute Gasteiger partial charge is 0.466 e. The summed E-state index contributed by atoms with van der Waals surface area (Å²) in [6.07, 6.45) is 2.37. The topological polar surface area (TPSA) is 89.1 Å². The number of aliphatic hydroxyl groups is 1. The molecule has 7 nitrogen and oxygen atoms in total. The average molecular weight is 443 g/mol. The molecular weight excluding hydrogens is 408 g/mol. The van der Waals surface area contributed by atoms with E-state index in [1.807, 2.05) is 19.9 Å². The first kappa shape index (κ1) is 21.9. The number of rotatable bonds is 5. The Kier molecular flexibility index (Phi) is 5.17. The second kappa shape index (κ2) is 7.55. The molecule has 0 amide bonds. The van der Waals surface area contributed by atoms with E-state index >= 15 is 0 Å². The summed E-state index contributed by atoms with van der Waals surface area (Å²) in [4.78, 5) is 13.1. The van der Waals surface area contributed by atoms with Crippen molar-refractivity contribution in [2.75, 3.05) is 32.2 Å². The fourth-order valence-corrected chi connectivity index (χ4v) is 6.74. The van der Waals surface area contributed by atoms with Gasteiger partial charge in [0.1, 0.15) is 0 Å². The van der Waals surface area contributed by atoms with Crippen molar-refractivity contribution in [2.24, 2.45) is 11.8 Å². The standard InChI is InChI=1S/C25H34N2O5/c1-5-24(14-31-23(2,3)32-24)12-15-16(13-28)19(22(29)30-4)21-25(10-11-26-20(15)25)17-8-6-7-9-18(17)27-21/h6-9,15-16,20,26-28H,5,10-14H2,1-4H3/t15-,16-,20+,24-,25-/m0/s1. The van der Waals surface area contributed by atoms with E-state index < -0.39 is 11.4 Å². The number of esters is 1. The van der Waals surface area contributed by atoms with Gasteiger partial charge in [0.15, 0.2) is 5.79 Å². The first-order valence-corrected chi connectivity index (χ1v) is 11.7. The first-order valence-electron chi connectivity index (χ1n) is 11.7. The Bertz CT molecular complexity index is 959. The van der Waals surface area contributed by atoms with Crippen molar-refractivity contribution in [3.63, 3.8) is 0 Å². The molecule has 1 aromatic carbocycles. The lowest BCUT2D eigenvalue weighted by molar-refractivity contribution is -0.168. The molecule has 0 bridgehead atoms. The fourth-order valence-electron chi connectivity index (χ4n) is 6.74. The number of fused-ring (bicyclic) bond motifs is 1. The van der Waals surface area contributed by atoms with E-state index in [1.165, 1.54) is 12.7 Å². The van der Waals surface area contributed by atoms with E-state index in [4.69, 9.17) is 14.2 Å². The lowest BCUT2D eigenvalue weighted by Gasteiger charge is -2.48. The molecule has 2 fully saturated rings. The highest BCUT2D eigenvalue weighted by atomic mass is 16.8. The van der Waals surface area contributed by atoms with E-state index in [0.29, 0.717) is 18.6 Å². The number of carbonyl (C=O) groups is 1. The van der Waals surface area contributed by atoms with Gasteiger partial charge in [-0.2, -0.15) is 0 Å². The molecule has 1 aromatic rings. The molecule has 7 heteroatoms. The van der Waals surface area contributed by atoms with Crippen LogP contribution in [0.1, 0.15) is 45.6 Å². The van der Waals surface area contributed by atoms with Crippen LogP contribution in [-0.4, -0.2) is 55.4 Å². The van der Waals surface area contributed by atoms with Gasteiger partial charge < -0.3 is 30.0 Å². The minimum Gasteiger partial charge on any atom is -0.466 e. The van der Waals surface area contributed by atoms with Gasteiger partial charge in [-0.25, -0.2) is 4.79 Å². The molecule has 0 unspecified atom stereocenters. The number of aliphatic hydroxyl groups excluding tert-OH is 1. The summed E-state index contributed by atoms with van der Waals surface area (Å²) in [5.41, 5.74) is 2.90. The van der Waals surface area contributed by atoms with E-state index in [9.17, 15) is 9.90 Å². The number of benzene rings is 1. The van der Waals surface area contributed by atoms with Crippen molar-refractivity contribution >= 4 is 11.7 Å². The molecule has 0 aromatic heterocycles. The minimum atomic E-state index is -0.645. The minimum absolute atomic E-state index is 0.0224. The van der Waals surface area contributed by atoms with Crippen molar-refractivity contribution in [1.29, 1.82) is 0 Å². The number of methoxy groups -OCH3 is 1. The summed E-state index contributed by atoms with van der Waals surface area (Å²) in [6.45, 7) is 7.22. The normalized spacial score (nSPS) is 37.0. The summed E-state index contributed by atoms with van der Waals surface area (Å²) in [5, 5.41) is 17.9. The van der Waals surface area contributed by atoms with Crippen molar-refractivity contribution < 1.29 is 24.1 Å². The van der Waals surface area contributed by atoms with Gasteiger partial charge in [0.05, 0.1) is 36.9 Å². The zero-order chi connectivity index (χ0) is 22.7. The second-order valence-corrected chi connectivity index (χ2v) is 10.1. The molecule has 5 atom stereocenters. The molecule has 5 rings (SSSR count). The SMILES string of the molecule is CC[C@]1(C[C@H]2[C@H](CO)C(C(=O)OC)=C3Nc4ccccc4[C@]34CCN[C@H]24)COC(C)(C)O1. The Balaban J connectivity index is 1.66. The summed E-state index contributed by atoms with van der Waals surface area (Å²) in [6, 6.07) is 8.35. The van der Waals surface area contributed by atoms with Gasteiger partial charge in [-0.05, 0) is 57.2 Å². The zero-order valence-electron chi connectivity index (χ0n) is 19.4. The molecule has 2 saturated heterocycles. The maximum Gasteiger partial charge on any atom is 0.335 e. The smallest absolute Gasteiger partial charge is 0.335 e. The van der Waals surface area contributed by atoms with Crippen molar-refractivity contribution in [2.45, 2.75) is 62.9 Å². The third-order valence-electron chi connectivity index (χ3n) is 8.11. The number of para-hydroxylation sites is 1. The molecule has 1 spiro atoms. The van der Waals surface area contributed by atoms with Gasteiger partial charge in [-0.15, -0.1) is 0 Å². The Labute approximate surface area is 189 Å². The van der Waals surface area contributed by atoms with Crippen LogP contribution in [0, 0.1) is 11.8 Å². The first-order chi connectivity index (χ1) is 15.3. The van der Waals surface area contributed by atoms with Crippen LogP contribution < -0.4 is 10.6 Å². The highest BCUT2D eigenvalue weighted by Crippen LogP contribution is 2.59. The Morgan fingerprint density at radius 2 is 2.09 bits per heavy atom.